The maximum atomic E-state index is 12.1. The van der Waals surface area contributed by atoms with Crippen LogP contribution in [0.5, 0.6) is 0 Å². The number of aliphatic carboxylic acids is 1. The van der Waals surface area contributed by atoms with Crippen molar-refractivity contribution in [1.29, 1.82) is 0 Å². The second-order valence-electron chi connectivity index (χ2n) is 4.71. The number of nitrogens with one attached hydrogen (secondary N) is 1. The van der Waals surface area contributed by atoms with Gasteiger partial charge in [0.25, 0.3) is 5.91 Å². The molecule has 0 aromatic carbocycles. The van der Waals surface area contributed by atoms with Crippen LogP contribution in [0.3, 0.4) is 0 Å². The minimum absolute atomic E-state index is 0.0586. The molecule has 1 saturated carbocycles. The van der Waals surface area contributed by atoms with Crippen molar-refractivity contribution in [2.24, 2.45) is 0 Å². The van der Waals surface area contributed by atoms with Crippen LogP contribution in [0.1, 0.15) is 33.8 Å². The standard InChI is InChI=1S/C14H17NO3S2/c1-19-11-3-2-9(8-11)15-14(18)12-6-4-10(20-12)5-7-13(16)17/h4-7,9,11H,2-3,8H2,1H3,(H,15,18)(H,16,17)/b7-5+. The summed E-state index contributed by atoms with van der Waals surface area (Å²) in [6.07, 6.45) is 7.91. The summed E-state index contributed by atoms with van der Waals surface area (Å²) in [4.78, 5) is 23.9. The Morgan fingerprint density at radius 1 is 1.45 bits per heavy atom. The van der Waals surface area contributed by atoms with Gasteiger partial charge in [0.1, 0.15) is 0 Å². The van der Waals surface area contributed by atoms with Crippen LogP contribution in [0.4, 0.5) is 0 Å². The van der Waals surface area contributed by atoms with Gasteiger partial charge in [0.15, 0.2) is 0 Å². The average molecular weight is 311 g/mol. The van der Waals surface area contributed by atoms with Crippen molar-refractivity contribution in [2.45, 2.75) is 30.6 Å². The second kappa shape index (κ2) is 6.95. The quantitative estimate of drug-likeness (QED) is 0.821. The smallest absolute Gasteiger partial charge is 0.328 e. The van der Waals surface area contributed by atoms with E-state index in [1.165, 1.54) is 17.4 Å². The Labute approximate surface area is 126 Å². The highest BCUT2D eigenvalue weighted by Gasteiger charge is 2.25. The van der Waals surface area contributed by atoms with E-state index in [1.807, 2.05) is 11.8 Å². The minimum Gasteiger partial charge on any atom is -0.478 e. The Kier molecular flexibility index (Phi) is 5.25. The van der Waals surface area contributed by atoms with Crippen molar-refractivity contribution >= 4 is 41.1 Å². The first-order valence-corrected chi connectivity index (χ1v) is 8.53. The number of carbonyl (C=O) groups excluding carboxylic acids is 1. The molecule has 0 radical (unpaired) electrons. The molecule has 6 heteroatoms. The topological polar surface area (TPSA) is 66.4 Å². The summed E-state index contributed by atoms with van der Waals surface area (Å²) in [5.41, 5.74) is 0. The molecule has 2 atom stereocenters. The Balaban J connectivity index is 1.91. The van der Waals surface area contributed by atoms with Crippen molar-refractivity contribution in [1.82, 2.24) is 5.32 Å². The zero-order valence-corrected chi connectivity index (χ0v) is 12.8. The van der Waals surface area contributed by atoms with Crippen LogP contribution in [0, 0.1) is 0 Å². The molecule has 1 amide bonds. The molecule has 1 fully saturated rings. The van der Waals surface area contributed by atoms with E-state index in [9.17, 15) is 9.59 Å². The molecule has 0 saturated heterocycles. The van der Waals surface area contributed by atoms with Crippen LogP contribution in [0.25, 0.3) is 6.08 Å². The lowest BCUT2D eigenvalue weighted by Crippen LogP contribution is -2.32. The summed E-state index contributed by atoms with van der Waals surface area (Å²) >= 11 is 3.16. The first kappa shape index (κ1) is 15.1. The number of carboxylic acids is 1. The fourth-order valence-corrected chi connectivity index (χ4v) is 3.87. The molecule has 108 valence electrons. The zero-order valence-electron chi connectivity index (χ0n) is 11.2. The molecule has 2 rings (SSSR count). The van der Waals surface area contributed by atoms with Crippen molar-refractivity contribution in [3.63, 3.8) is 0 Å². The minimum atomic E-state index is -0.988. The van der Waals surface area contributed by atoms with Crippen molar-refractivity contribution in [3.05, 3.63) is 28.0 Å². The lowest BCUT2D eigenvalue weighted by atomic mass is 10.2. The highest BCUT2D eigenvalue weighted by atomic mass is 32.2. The molecule has 0 spiro atoms. The molecular weight excluding hydrogens is 294 g/mol. The molecule has 20 heavy (non-hydrogen) atoms. The number of amides is 1. The summed E-state index contributed by atoms with van der Waals surface area (Å²) in [5.74, 6) is -1.05. The van der Waals surface area contributed by atoms with Crippen LogP contribution >= 0.6 is 23.1 Å². The number of carbonyl (C=O) groups is 2. The Morgan fingerprint density at radius 3 is 2.90 bits per heavy atom. The number of carboxylic acid groups (broad SMARTS) is 1. The van der Waals surface area contributed by atoms with Crippen molar-refractivity contribution in [2.75, 3.05) is 6.26 Å². The molecule has 4 nitrogen and oxygen atoms in total. The maximum absolute atomic E-state index is 12.1. The van der Waals surface area contributed by atoms with Crippen LogP contribution < -0.4 is 5.32 Å². The molecule has 0 bridgehead atoms. The molecule has 2 N–H and O–H groups in total. The van der Waals surface area contributed by atoms with Gasteiger partial charge in [-0.25, -0.2) is 4.79 Å². The zero-order chi connectivity index (χ0) is 14.5. The fourth-order valence-electron chi connectivity index (χ4n) is 2.26. The Morgan fingerprint density at radius 2 is 2.25 bits per heavy atom. The Hall–Kier alpha value is -1.27. The summed E-state index contributed by atoms with van der Waals surface area (Å²) in [6, 6.07) is 3.76. The van der Waals surface area contributed by atoms with E-state index < -0.39 is 5.97 Å². The van der Waals surface area contributed by atoms with Gasteiger partial charge in [0.05, 0.1) is 4.88 Å². The summed E-state index contributed by atoms with van der Waals surface area (Å²) < 4.78 is 0. The summed E-state index contributed by atoms with van der Waals surface area (Å²) in [5, 5.41) is 12.3. The second-order valence-corrected chi connectivity index (χ2v) is 6.97. The third-order valence-corrected chi connectivity index (χ3v) is 5.44. The van der Waals surface area contributed by atoms with Crippen molar-refractivity contribution in [3.8, 4) is 0 Å². The maximum Gasteiger partial charge on any atom is 0.328 e. The van der Waals surface area contributed by atoms with Gasteiger partial charge in [-0.1, -0.05) is 0 Å². The van der Waals surface area contributed by atoms with Gasteiger partial charge in [-0.3, -0.25) is 4.79 Å². The molecule has 1 aliphatic carbocycles. The predicted octanol–water partition coefficient (Wildman–Crippen LogP) is 2.86. The molecule has 1 aliphatic rings. The molecular formula is C14H17NO3S2. The Bertz CT molecular complexity index is 524. The monoisotopic (exact) mass is 311 g/mol. The van der Waals surface area contributed by atoms with E-state index in [4.69, 9.17) is 5.11 Å². The fraction of sp³-hybridized carbons (Fsp3) is 0.429. The van der Waals surface area contributed by atoms with Crippen LogP contribution in [-0.2, 0) is 4.79 Å². The molecule has 0 aliphatic heterocycles. The number of thioether (sulfide) groups is 1. The first-order chi connectivity index (χ1) is 9.58. The van der Waals surface area contributed by atoms with E-state index in [0.717, 1.165) is 30.2 Å². The predicted molar refractivity (Wildman–Crippen MR) is 83.4 cm³/mol. The van der Waals surface area contributed by atoms with Gasteiger partial charge in [-0.2, -0.15) is 11.8 Å². The highest BCUT2D eigenvalue weighted by Crippen LogP contribution is 2.28. The van der Waals surface area contributed by atoms with Crippen LogP contribution in [0.2, 0.25) is 0 Å². The third kappa shape index (κ3) is 4.11. The van der Waals surface area contributed by atoms with Gasteiger partial charge >= 0.3 is 5.97 Å². The summed E-state index contributed by atoms with van der Waals surface area (Å²) in [7, 11) is 0. The molecule has 1 heterocycles. The number of hydrogen-bond acceptors (Lipinski definition) is 4. The average Bonchev–Trinajstić information content (AvgIpc) is 3.04. The van der Waals surface area contributed by atoms with Crippen molar-refractivity contribution < 1.29 is 14.7 Å². The van der Waals surface area contributed by atoms with Gasteiger partial charge in [0, 0.05) is 22.2 Å². The van der Waals surface area contributed by atoms with E-state index >= 15 is 0 Å². The highest BCUT2D eigenvalue weighted by molar-refractivity contribution is 7.99. The molecule has 1 aromatic rings. The van der Waals surface area contributed by atoms with E-state index in [-0.39, 0.29) is 11.9 Å². The molecule has 1 aromatic heterocycles. The number of hydrogen-bond donors (Lipinski definition) is 2. The number of rotatable bonds is 5. The largest absolute Gasteiger partial charge is 0.478 e. The molecule has 2 unspecified atom stereocenters. The SMILES string of the molecule is CSC1CCC(NC(=O)c2ccc(/C=C/C(=O)O)s2)C1. The van der Waals surface area contributed by atoms with Gasteiger partial charge in [-0.05, 0) is 43.7 Å². The van der Waals surface area contributed by atoms with Crippen LogP contribution in [0.15, 0.2) is 18.2 Å². The first-order valence-electron chi connectivity index (χ1n) is 6.43. The van der Waals surface area contributed by atoms with Gasteiger partial charge in [-0.15, -0.1) is 11.3 Å². The number of thiophene rings is 1. The van der Waals surface area contributed by atoms with E-state index in [1.54, 1.807) is 12.1 Å². The lowest BCUT2D eigenvalue weighted by Gasteiger charge is -2.11. The van der Waals surface area contributed by atoms with Gasteiger partial charge in [0.2, 0.25) is 0 Å². The van der Waals surface area contributed by atoms with Crippen LogP contribution in [-0.4, -0.2) is 34.5 Å². The normalized spacial score (nSPS) is 22.2. The third-order valence-electron chi connectivity index (χ3n) is 3.29. The van der Waals surface area contributed by atoms with E-state index in [2.05, 4.69) is 11.6 Å². The van der Waals surface area contributed by atoms with Gasteiger partial charge < -0.3 is 10.4 Å². The summed E-state index contributed by atoms with van der Waals surface area (Å²) in [6.45, 7) is 0. The van der Waals surface area contributed by atoms with E-state index in [0.29, 0.717) is 10.1 Å². The lowest BCUT2D eigenvalue weighted by molar-refractivity contribution is -0.131.